The van der Waals surface area contributed by atoms with Gasteiger partial charge in [-0.15, -0.1) is 11.3 Å². The number of likely N-dealkylation sites (tertiary alicyclic amines) is 1. The Balaban J connectivity index is 1.19. The highest BCUT2D eigenvalue weighted by Gasteiger charge is 2.32. The number of nitrogens with zero attached hydrogens (tertiary/aromatic N) is 6. The van der Waals surface area contributed by atoms with Crippen molar-refractivity contribution >= 4 is 52.4 Å². The van der Waals surface area contributed by atoms with Crippen LogP contribution in [0.25, 0.3) is 21.7 Å². The number of carbonyl (C=O) groups is 2. The van der Waals surface area contributed by atoms with Gasteiger partial charge in [0.1, 0.15) is 52.0 Å². The Morgan fingerprint density at radius 1 is 1.04 bits per heavy atom. The van der Waals surface area contributed by atoms with Crippen molar-refractivity contribution in [3.63, 3.8) is 0 Å². The van der Waals surface area contributed by atoms with Crippen molar-refractivity contribution in [2.45, 2.75) is 55.5 Å². The van der Waals surface area contributed by atoms with Crippen LogP contribution in [0.4, 0.5) is 5.82 Å². The van der Waals surface area contributed by atoms with E-state index in [0.717, 1.165) is 55.2 Å². The lowest BCUT2D eigenvalue weighted by molar-refractivity contribution is -0.142. The number of thiazole rings is 1. The van der Waals surface area contributed by atoms with Crippen LogP contribution in [0.5, 0.6) is 5.75 Å². The molecule has 4 heterocycles. The SMILES string of the molecule is C[C@H](NC(=O)[C@@H]1CCCN1CCOc1ccc(-c2c(C#N)c(SCc3csc(-c4ccc(Cl)cc4)n3)nc(N3CCCC3)c2C#N)cc1)C(=O)O. The van der Waals surface area contributed by atoms with Crippen LogP contribution in [0.15, 0.2) is 58.9 Å². The van der Waals surface area contributed by atoms with Gasteiger partial charge in [-0.2, -0.15) is 10.5 Å². The smallest absolute Gasteiger partial charge is 0.325 e. The van der Waals surface area contributed by atoms with Gasteiger partial charge in [-0.1, -0.05) is 47.6 Å². The van der Waals surface area contributed by atoms with Gasteiger partial charge in [0.15, 0.2) is 0 Å². The van der Waals surface area contributed by atoms with Crippen LogP contribution in [0.2, 0.25) is 5.02 Å². The average molecular weight is 742 g/mol. The zero-order valence-electron chi connectivity index (χ0n) is 28.0. The monoisotopic (exact) mass is 741 g/mol. The zero-order chi connectivity index (χ0) is 35.9. The lowest BCUT2D eigenvalue weighted by atomic mass is 9.96. The number of carboxylic acids is 1. The molecular formula is C37H36ClN7O4S2. The molecule has 4 aromatic rings. The summed E-state index contributed by atoms with van der Waals surface area (Å²) in [7, 11) is 0. The Morgan fingerprint density at radius 3 is 2.43 bits per heavy atom. The van der Waals surface area contributed by atoms with Gasteiger partial charge in [0, 0.05) is 46.9 Å². The minimum Gasteiger partial charge on any atom is -0.492 e. The Kier molecular flexibility index (Phi) is 11.7. The van der Waals surface area contributed by atoms with E-state index in [0.29, 0.717) is 69.2 Å². The van der Waals surface area contributed by atoms with Crippen LogP contribution in [0, 0.1) is 22.7 Å². The Labute approximate surface area is 309 Å². The summed E-state index contributed by atoms with van der Waals surface area (Å²) in [4.78, 5) is 37.7. The molecule has 0 spiro atoms. The van der Waals surface area contributed by atoms with E-state index in [1.165, 1.54) is 18.7 Å². The van der Waals surface area contributed by atoms with Gasteiger partial charge in [0.2, 0.25) is 5.91 Å². The van der Waals surface area contributed by atoms with Crippen LogP contribution in [-0.4, -0.2) is 76.7 Å². The molecule has 2 aliphatic rings. The standard InChI is InChI=1S/C37H36ClN7O4S2/c1-23(37(47)48)41-34(46)31-5-4-16-44(31)17-18-49-28-12-8-24(9-13-28)32-29(19-39)33(45-14-2-3-15-45)43-36(30(32)20-40)51-22-27-21-50-35(42-27)25-6-10-26(38)11-7-25/h6-13,21,23,31H,2-5,14-18,22H2,1H3,(H,41,46)(H,47,48)/t23-,31-/m0/s1. The van der Waals surface area contributed by atoms with Crippen molar-refractivity contribution in [2.75, 3.05) is 37.7 Å². The molecule has 6 rings (SSSR count). The number of amides is 1. The first-order chi connectivity index (χ1) is 24.7. The largest absolute Gasteiger partial charge is 0.492 e. The maximum absolute atomic E-state index is 12.7. The maximum Gasteiger partial charge on any atom is 0.325 e. The molecule has 0 saturated carbocycles. The molecule has 262 valence electrons. The molecule has 11 nitrogen and oxygen atoms in total. The summed E-state index contributed by atoms with van der Waals surface area (Å²) in [6, 6.07) is 18.3. The van der Waals surface area contributed by atoms with Crippen LogP contribution in [0.1, 0.15) is 49.4 Å². The van der Waals surface area contributed by atoms with Crippen LogP contribution in [0.3, 0.4) is 0 Å². The van der Waals surface area contributed by atoms with Crippen molar-refractivity contribution < 1.29 is 19.4 Å². The van der Waals surface area contributed by atoms with Gasteiger partial charge >= 0.3 is 5.97 Å². The number of thioether (sulfide) groups is 1. The van der Waals surface area contributed by atoms with Gasteiger partial charge in [0.25, 0.3) is 0 Å². The predicted octanol–water partition coefficient (Wildman–Crippen LogP) is 6.59. The second-order valence-corrected chi connectivity index (χ2v) is 14.6. The summed E-state index contributed by atoms with van der Waals surface area (Å²) >= 11 is 9.04. The lowest BCUT2D eigenvalue weighted by Gasteiger charge is -2.24. The van der Waals surface area contributed by atoms with E-state index in [4.69, 9.17) is 31.4 Å². The Bertz CT molecular complexity index is 1970. The van der Waals surface area contributed by atoms with Crippen molar-refractivity contribution in [3.8, 4) is 39.6 Å². The molecule has 0 radical (unpaired) electrons. The number of hydrogen-bond donors (Lipinski definition) is 2. The second kappa shape index (κ2) is 16.6. The molecule has 14 heteroatoms. The topological polar surface area (TPSA) is 155 Å². The first kappa shape index (κ1) is 36.1. The molecule has 51 heavy (non-hydrogen) atoms. The number of carbonyl (C=O) groups excluding carboxylic acids is 1. The summed E-state index contributed by atoms with van der Waals surface area (Å²) < 4.78 is 6.04. The molecule has 2 aromatic heterocycles. The van der Waals surface area contributed by atoms with Gasteiger partial charge in [0.05, 0.1) is 17.3 Å². The fourth-order valence-corrected chi connectivity index (χ4v) is 8.25. The molecule has 2 atom stereocenters. The minimum atomic E-state index is -1.07. The number of carboxylic acid groups (broad SMARTS) is 1. The minimum absolute atomic E-state index is 0.286. The number of aromatic nitrogens is 2. The van der Waals surface area contributed by atoms with E-state index in [2.05, 4.69) is 22.4 Å². The molecule has 2 aromatic carbocycles. The molecule has 2 fully saturated rings. The number of rotatable bonds is 13. The first-order valence-corrected chi connectivity index (χ1v) is 19.0. The van der Waals surface area contributed by atoms with Crippen molar-refractivity contribution in [1.29, 1.82) is 10.5 Å². The summed E-state index contributed by atoms with van der Waals surface area (Å²) in [5, 5.41) is 36.7. The summed E-state index contributed by atoms with van der Waals surface area (Å²) in [6.07, 6.45) is 3.52. The highest BCUT2D eigenvalue weighted by Crippen LogP contribution is 2.40. The summed E-state index contributed by atoms with van der Waals surface area (Å²) in [6.45, 7) is 4.59. The number of pyridine rings is 1. The molecule has 1 amide bonds. The van der Waals surface area contributed by atoms with Crippen molar-refractivity contribution in [3.05, 3.63) is 75.8 Å². The predicted molar refractivity (Wildman–Crippen MR) is 198 cm³/mol. The van der Waals surface area contributed by atoms with Crippen molar-refractivity contribution in [1.82, 2.24) is 20.2 Å². The Hall–Kier alpha value is -4.66. The van der Waals surface area contributed by atoms with Gasteiger partial charge in [-0.25, -0.2) is 9.97 Å². The van der Waals surface area contributed by atoms with E-state index >= 15 is 0 Å². The quantitative estimate of drug-likeness (QED) is 0.143. The molecule has 2 aliphatic heterocycles. The third kappa shape index (κ3) is 8.46. The van der Waals surface area contributed by atoms with Crippen LogP contribution in [-0.2, 0) is 15.3 Å². The zero-order valence-corrected chi connectivity index (χ0v) is 30.4. The van der Waals surface area contributed by atoms with E-state index in [1.54, 1.807) is 11.3 Å². The molecule has 0 unspecified atom stereocenters. The summed E-state index contributed by atoms with van der Waals surface area (Å²) in [5.74, 6) is 0.345. The van der Waals surface area contributed by atoms with Gasteiger partial charge < -0.3 is 20.1 Å². The third-order valence-electron chi connectivity index (χ3n) is 8.96. The highest BCUT2D eigenvalue weighted by molar-refractivity contribution is 7.98. The molecule has 0 bridgehead atoms. The number of hydrogen-bond acceptors (Lipinski definition) is 11. The highest BCUT2D eigenvalue weighted by atomic mass is 35.5. The van der Waals surface area contributed by atoms with Crippen molar-refractivity contribution in [2.24, 2.45) is 0 Å². The third-order valence-corrected chi connectivity index (χ3v) is 11.2. The number of halogens is 1. The first-order valence-electron chi connectivity index (χ1n) is 16.7. The molecule has 0 aliphatic carbocycles. The van der Waals surface area contributed by atoms with Crippen LogP contribution >= 0.6 is 34.7 Å². The van der Waals surface area contributed by atoms with E-state index in [1.807, 2.05) is 58.8 Å². The van der Waals surface area contributed by atoms with Gasteiger partial charge in [-0.3, -0.25) is 14.5 Å². The second-order valence-electron chi connectivity index (χ2n) is 12.4. The van der Waals surface area contributed by atoms with E-state index in [-0.39, 0.29) is 5.91 Å². The van der Waals surface area contributed by atoms with Gasteiger partial charge in [-0.05, 0) is 69.0 Å². The molecule has 2 N–H and O–H groups in total. The lowest BCUT2D eigenvalue weighted by Crippen LogP contribution is -2.49. The van der Waals surface area contributed by atoms with E-state index < -0.39 is 18.1 Å². The molecular weight excluding hydrogens is 706 g/mol. The Morgan fingerprint density at radius 2 is 1.75 bits per heavy atom. The normalized spacial score (nSPS) is 16.4. The van der Waals surface area contributed by atoms with Crippen LogP contribution < -0.4 is 15.0 Å². The number of ether oxygens (including phenoxy) is 1. The number of nitriles is 2. The average Bonchev–Trinajstić information content (AvgIpc) is 3.94. The number of aliphatic carboxylic acids is 1. The fraction of sp³-hybridized carbons (Fsp3) is 0.351. The fourth-order valence-electron chi connectivity index (χ4n) is 6.31. The van der Waals surface area contributed by atoms with E-state index in [9.17, 15) is 20.1 Å². The number of benzene rings is 2. The number of nitrogens with one attached hydrogen (secondary N) is 1. The molecule has 2 saturated heterocycles. The summed E-state index contributed by atoms with van der Waals surface area (Å²) in [5.41, 5.74) is 3.83. The number of anilines is 1. The maximum atomic E-state index is 12.7.